The quantitative estimate of drug-likeness (QED) is 0.913. The summed E-state index contributed by atoms with van der Waals surface area (Å²) in [6.45, 7) is 0.357. The number of anilines is 2. The molecule has 6 heteroatoms. The number of amides is 2. The number of hydrogen-bond donors (Lipinski definition) is 2. The molecule has 0 atom stereocenters. The van der Waals surface area contributed by atoms with E-state index in [0.29, 0.717) is 18.3 Å². The molecule has 2 aromatic carbocycles. The smallest absolute Gasteiger partial charge is 0.326 e. The van der Waals surface area contributed by atoms with E-state index in [4.69, 9.17) is 5.73 Å². The Balaban J connectivity index is 2.15. The molecule has 2 aromatic rings. The second-order valence-electron chi connectivity index (χ2n) is 4.49. The van der Waals surface area contributed by atoms with Gasteiger partial charge in [0, 0.05) is 25.3 Å². The Bertz CT molecular complexity index is 661. The van der Waals surface area contributed by atoms with Crippen molar-refractivity contribution < 1.29 is 13.6 Å². The Labute approximate surface area is 121 Å². The molecule has 0 heterocycles. The molecule has 0 fully saturated rings. The van der Waals surface area contributed by atoms with Crippen LogP contribution in [0.2, 0.25) is 0 Å². The summed E-state index contributed by atoms with van der Waals surface area (Å²) in [5, 5.41) is 2.39. The Hall–Kier alpha value is -2.47. The number of rotatable bonds is 3. The lowest BCUT2D eigenvalue weighted by Gasteiger charge is -2.19. The van der Waals surface area contributed by atoms with Crippen LogP contribution in [-0.2, 0) is 6.54 Å². The average molecular weight is 291 g/mol. The molecule has 2 rings (SSSR count). The summed E-state index contributed by atoms with van der Waals surface area (Å²) in [6, 6.07) is 9.55. The minimum Gasteiger partial charge on any atom is -0.326 e. The number of halogens is 2. The number of nitrogens with one attached hydrogen (secondary N) is 1. The van der Waals surface area contributed by atoms with E-state index in [1.54, 1.807) is 25.2 Å². The van der Waals surface area contributed by atoms with E-state index in [9.17, 15) is 13.6 Å². The molecule has 0 aliphatic rings. The van der Waals surface area contributed by atoms with Crippen LogP contribution in [-0.4, -0.2) is 13.1 Å². The number of urea groups is 1. The average Bonchev–Trinajstić information content (AvgIpc) is 2.49. The van der Waals surface area contributed by atoms with Gasteiger partial charge in [-0.3, -0.25) is 4.90 Å². The van der Waals surface area contributed by atoms with Crippen LogP contribution >= 0.6 is 0 Å². The number of hydrogen-bond acceptors (Lipinski definition) is 2. The third-order valence-corrected chi connectivity index (χ3v) is 3.01. The van der Waals surface area contributed by atoms with E-state index >= 15 is 0 Å². The molecule has 110 valence electrons. The highest BCUT2D eigenvalue weighted by molar-refractivity contribution is 6.01. The number of nitrogens with two attached hydrogens (primary N) is 1. The van der Waals surface area contributed by atoms with Crippen LogP contribution in [0.4, 0.5) is 25.0 Å². The van der Waals surface area contributed by atoms with Gasteiger partial charge in [0.1, 0.15) is 11.6 Å². The van der Waals surface area contributed by atoms with Gasteiger partial charge >= 0.3 is 6.03 Å². The summed E-state index contributed by atoms with van der Waals surface area (Å²) >= 11 is 0. The minimum absolute atomic E-state index is 0.0803. The van der Waals surface area contributed by atoms with Crippen molar-refractivity contribution >= 4 is 17.4 Å². The van der Waals surface area contributed by atoms with Crippen LogP contribution in [0, 0.1) is 11.6 Å². The van der Waals surface area contributed by atoms with Crippen LogP contribution in [0.25, 0.3) is 0 Å². The zero-order valence-corrected chi connectivity index (χ0v) is 11.4. The van der Waals surface area contributed by atoms with Crippen molar-refractivity contribution in [3.63, 3.8) is 0 Å². The topological polar surface area (TPSA) is 58.4 Å². The number of carbonyl (C=O) groups excluding carboxylic acids is 1. The zero-order valence-electron chi connectivity index (χ0n) is 11.4. The maximum Gasteiger partial charge on any atom is 0.326 e. The summed E-state index contributed by atoms with van der Waals surface area (Å²) in [5.74, 6) is -1.53. The van der Waals surface area contributed by atoms with Crippen LogP contribution in [0.5, 0.6) is 0 Å². The van der Waals surface area contributed by atoms with Gasteiger partial charge in [0.25, 0.3) is 0 Å². The van der Waals surface area contributed by atoms with E-state index in [1.165, 1.54) is 11.0 Å². The summed E-state index contributed by atoms with van der Waals surface area (Å²) in [7, 11) is 1.55. The second-order valence-corrected chi connectivity index (χ2v) is 4.49. The van der Waals surface area contributed by atoms with Crippen molar-refractivity contribution in [2.45, 2.75) is 6.54 Å². The third kappa shape index (κ3) is 3.55. The SMILES string of the molecule is CN(C(=O)Nc1ccc(F)cc1F)c1cccc(CN)c1. The zero-order chi connectivity index (χ0) is 15.4. The highest BCUT2D eigenvalue weighted by Gasteiger charge is 2.13. The van der Waals surface area contributed by atoms with Crippen molar-refractivity contribution in [1.82, 2.24) is 0 Å². The first kappa shape index (κ1) is 14.9. The van der Waals surface area contributed by atoms with Gasteiger partial charge in [-0.2, -0.15) is 0 Å². The molecule has 3 N–H and O–H groups in total. The number of nitrogens with zero attached hydrogens (tertiary/aromatic N) is 1. The van der Waals surface area contributed by atoms with Gasteiger partial charge in [-0.25, -0.2) is 13.6 Å². The highest BCUT2D eigenvalue weighted by atomic mass is 19.1. The molecule has 0 aromatic heterocycles. The molecule has 0 radical (unpaired) electrons. The Morgan fingerprint density at radius 1 is 1.24 bits per heavy atom. The standard InChI is InChI=1S/C15H15F2N3O/c1-20(12-4-2-3-10(7-12)9-18)15(21)19-14-6-5-11(16)8-13(14)17/h2-8H,9,18H2,1H3,(H,19,21). The fourth-order valence-corrected chi connectivity index (χ4v) is 1.80. The molecule has 0 aliphatic carbocycles. The summed E-state index contributed by atoms with van der Waals surface area (Å²) in [6.07, 6.45) is 0. The maximum atomic E-state index is 13.5. The molecule has 0 saturated carbocycles. The van der Waals surface area contributed by atoms with Crippen LogP contribution in [0.1, 0.15) is 5.56 Å². The first-order chi connectivity index (χ1) is 10.0. The lowest BCUT2D eigenvalue weighted by atomic mass is 10.2. The van der Waals surface area contributed by atoms with Gasteiger partial charge in [-0.1, -0.05) is 12.1 Å². The van der Waals surface area contributed by atoms with Crippen molar-refractivity contribution in [3.8, 4) is 0 Å². The van der Waals surface area contributed by atoms with Crippen molar-refractivity contribution in [3.05, 3.63) is 59.7 Å². The molecule has 0 saturated heterocycles. The van der Waals surface area contributed by atoms with Gasteiger partial charge < -0.3 is 11.1 Å². The summed E-state index contributed by atoms with van der Waals surface area (Å²) < 4.78 is 26.3. The summed E-state index contributed by atoms with van der Waals surface area (Å²) in [4.78, 5) is 13.4. The van der Waals surface area contributed by atoms with E-state index in [-0.39, 0.29) is 5.69 Å². The van der Waals surface area contributed by atoms with Gasteiger partial charge in [0.15, 0.2) is 0 Å². The molecule has 0 aliphatic heterocycles. The maximum absolute atomic E-state index is 13.5. The molecule has 2 amide bonds. The van der Waals surface area contributed by atoms with Gasteiger partial charge in [0.05, 0.1) is 5.69 Å². The molecule has 0 bridgehead atoms. The fourth-order valence-electron chi connectivity index (χ4n) is 1.80. The highest BCUT2D eigenvalue weighted by Crippen LogP contribution is 2.18. The fraction of sp³-hybridized carbons (Fsp3) is 0.133. The van der Waals surface area contributed by atoms with Crippen molar-refractivity contribution in [1.29, 1.82) is 0 Å². The van der Waals surface area contributed by atoms with E-state index < -0.39 is 17.7 Å². The van der Waals surface area contributed by atoms with Gasteiger partial charge in [0.2, 0.25) is 0 Å². The normalized spacial score (nSPS) is 10.3. The van der Waals surface area contributed by atoms with E-state index in [0.717, 1.165) is 11.6 Å². The molecular weight excluding hydrogens is 276 g/mol. The molecule has 21 heavy (non-hydrogen) atoms. The molecule has 0 unspecified atom stereocenters. The van der Waals surface area contributed by atoms with E-state index in [2.05, 4.69) is 5.32 Å². The monoisotopic (exact) mass is 291 g/mol. The lowest BCUT2D eigenvalue weighted by molar-refractivity contribution is 0.258. The third-order valence-electron chi connectivity index (χ3n) is 3.01. The molecule has 0 spiro atoms. The predicted molar refractivity (Wildman–Crippen MR) is 78.1 cm³/mol. The van der Waals surface area contributed by atoms with Crippen LogP contribution < -0.4 is 16.0 Å². The van der Waals surface area contributed by atoms with Gasteiger partial charge in [-0.15, -0.1) is 0 Å². The Kier molecular flexibility index (Phi) is 4.49. The van der Waals surface area contributed by atoms with Crippen molar-refractivity contribution in [2.75, 3.05) is 17.3 Å². The Morgan fingerprint density at radius 2 is 2.00 bits per heavy atom. The first-order valence-corrected chi connectivity index (χ1v) is 6.30. The Morgan fingerprint density at radius 3 is 2.67 bits per heavy atom. The minimum atomic E-state index is -0.826. The van der Waals surface area contributed by atoms with E-state index in [1.807, 2.05) is 6.07 Å². The molecule has 4 nitrogen and oxygen atoms in total. The lowest BCUT2D eigenvalue weighted by Crippen LogP contribution is -2.31. The number of benzene rings is 2. The van der Waals surface area contributed by atoms with Crippen LogP contribution in [0.15, 0.2) is 42.5 Å². The summed E-state index contributed by atoms with van der Waals surface area (Å²) in [5.41, 5.74) is 6.97. The van der Waals surface area contributed by atoms with Crippen molar-refractivity contribution in [2.24, 2.45) is 5.73 Å². The molecular formula is C15H15F2N3O. The largest absolute Gasteiger partial charge is 0.326 e. The van der Waals surface area contributed by atoms with Crippen LogP contribution in [0.3, 0.4) is 0 Å². The number of carbonyl (C=O) groups is 1. The van der Waals surface area contributed by atoms with Gasteiger partial charge in [-0.05, 0) is 29.8 Å². The predicted octanol–water partition coefficient (Wildman–Crippen LogP) is 3.09. The first-order valence-electron chi connectivity index (χ1n) is 6.30. The second kappa shape index (κ2) is 6.32.